The molecule has 4 nitrogen and oxygen atoms in total. The van der Waals surface area contributed by atoms with Gasteiger partial charge in [-0.15, -0.1) is 0 Å². The second kappa shape index (κ2) is 6.18. The number of piperidine rings is 1. The maximum absolute atomic E-state index is 12.2. The van der Waals surface area contributed by atoms with Crippen LogP contribution >= 0.6 is 0 Å². The van der Waals surface area contributed by atoms with Crippen molar-refractivity contribution in [2.24, 2.45) is 0 Å². The molecule has 0 N–H and O–H groups in total. The number of hydrogen-bond acceptors (Lipinski definition) is 3. The van der Waals surface area contributed by atoms with Crippen molar-refractivity contribution in [3.05, 3.63) is 35.9 Å². The van der Waals surface area contributed by atoms with E-state index < -0.39 is 9.84 Å². The molecule has 0 aromatic heterocycles. The molecule has 1 aliphatic rings. The van der Waals surface area contributed by atoms with Crippen LogP contribution in [0.1, 0.15) is 31.7 Å². The highest BCUT2D eigenvalue weighted by Gasteiger charge is 2.34. The summed E-state index contributed by atoms with van der Waals surface area (Å²) in [5, 5.41) is 0. The summed E-state index contributed by atoms with van der Waals surface area (Å²) in [7, 11) is -3.09. The Balaban J connectivity index is 2.05. The maximum atomic E-state index is 12.2. The van der Waals surface area contributed by atoms with Crippen molar-refractivity contribution in [2.45, 2.75) is 31.6 Å². The van der Waals surface area contributed by atoms with E-state index in [9.17, 15) is 13.2 Å². The van der Waals surface area contributed by atoms with Crippen LogP contribution in [0, 0.1) is 0 Å². The summed E-state index contributed by atoms with van der Waals surface area (Å²) in [6.45, 7) is 3.57. The van der Waals surface area contributed by atoms with Crippen LogP contribution in [-0.2, 0) is 20.0 Å². The Morgan fingerprint density at radius 1 is 1.29 bits per heavy atom. The summed E-state index contributed by atoms with van der Waals surface area (Å²) in [5.41, 5.74) is 1.20. The summed E-state index contributed by atoms with van der Waals surface area (Å²) in [6.07, 6.45) is 3.26. The molecular weight excluding hydrogens is 286 g/mol. The molecular formula is C16H23NO3S. The molecule has 1 aromatic rings. The highest BCUT2D eigenvalue weighted by Crippen LogP contribution is 2.33. The predicted octanol–water partition coefficient (Wildman–Crippen LogP) is 2.00. The standard InChI is InChI=1S/C16H23NO3S/c1-16(14-7-4-3-5-8-14)10-6-11-17(13-16)15(18)9-12-21(2,19)20/h3-5,7-8H,6,9-13H2,1-2H3. The van der Waals surface area contributed by atoms with Crippen molar-refractivity contribution in [2.75, 3.05) is 25.1 Å². The van der Waals surface area contributed by atoms with E-state index in [-0.39, 0.29) is 23.5 Å². The van der Waals surface area contributed by atoms with Gasteiger partial charge in [-0.25, -0.2) is 8.42 Å². The molecule has 1 heterocycles. The topological polar surface area (TPSA) is 54.5 Å². The lowest BCUT2D eigenvalue weighted by molar-refractivity contribution is -0.132. The number of rotatable bonds is 4. The lowest BCUT2D eigenvalue weighted by Gasteiger charge is -2.41. The number of benzene rings is 1. The Morgan fingerprint density at radius 2 is 1.95 bits per heavy atom. The third-order valence-electron chi connectivity index (χ3n) is 4.21. The minimum atomic E-state index is -3.09. The van der Waals surface area contributed by atoms with Gasteiger partial charge in [0.15, 0.2) is 0 Å². The fourth-order valence-electron chi connectivity index (χ4n) is 2.96. The van der Waals surface area contributed by atoms with Crippen LogP contribution in [0.2, 0.25) is 0 Å². The van der Waals surface area contributed by atoms with Crippen LogP contribution in [0.25, 0.3) is 0 Å². The Labute approximate surface area is 127 Å². The fraction of sp³-hybridized carbons (Fsp3) is 0.562. The lowest BCUT2D eigenvalue weighted by Crippen LogP contribution is -2.47. The van der Waals surface area contributed by atoms with Crippen LogP contribution in [0.3, 0.4) is 0 Å². The molecule has 1 atom stereocenters. The van der Waals surface area contributed by atoms with Crippen molar-refractivity contribution < 1.29 is 13.2 Å². The summed E-state index contributed by atoms with van der Waals surface area (Å²) in [5.74, 6) is -0.119. The molecule has 21 heavy (non-hydrogen) atoms. The molecule has 1 amide bonds. The normalized spacial score (nSPS) is 23.0. The molecule has 1 aliphatic heterocycles. The zero-order valence-electron chi connectivity index (χ0n) is 12.7. The highest BCUT2D eigenvalue weighted by molar-refractivity contribution is 7.90. The van der Waals surface area contributed by atoms with E-state index in [0.29, 0.717) is 6.54 Å². The molecule has 0 radical (unpaired) electrons. The van der Waals surface area contributed by atoms with Gasteiger partial charge in [0.1, 0.15) is 9.84 Å². The fourth-order valence-corrected chi connectivity index (χ4v) is 3.50. The van der Waals surface area contributed by atoms with Gasteiger partial charge < -0.3 is 4.90 Å². The van der Waals surface area contributed by atoms with Crippen LogP contribution in [0.4, 0.5) is 0 Å². The van der Waals surface area contributed by atoms with Crippen molar-refractivity contribution in [1.29, 1.82) is 0 Å². The molecule has 2 rings (SSSR count). The van der Waals surface area contributed by atoms with Gasteiger partial charge in [-0.3, -0.25) is 4.79 Å². The van der Waals surface area contributed by atoms with Gasteiger partial charge in [0.25, 0.3) is 0 Å². The molecule has 0 bridgehead atoms. The first-order chi connectivity index (χ1) is 9.80. The molecule has 5 heteroatoms. The average molecular weight is 309 g/mol. The molecule has 0 aliphatic carbocycles. The summed E-state index contributed by atoms with van der Waals surface area (Å²) in [6, 6.07) is 10.2. The summed E-state index contributed by atoms with van der Waals surface area (Å²) >= 11 is 0. The molecule has 1 aromatic carbocycles. The van der Waals surface area contributed by atoms with Crippen LogP contribution in [0.5, 0.6) is 0 Å². The van der Waals surface area contributed by atoms with Gasteiger partial charge in [-0.05, 0) is 18.4 Å². The summed E-state index contributed by atoms with van der Waals surface area (Å²) in [4.78, 5) is 14.0. The third-order valence-corrected chi connectivity index (χ3v) is 5.15. The van der Waals surface area contributed by atoms with Crippen molar-refractivity contribution in [3.8, 4) is 0 Å². The Kier molecular flexibility index (Phi) is 4.71. The van der Waals surface area contributed by atoms with Gasteiger partial charge in [-0.1, -0.05) is 37.3 Å². The average Bonchev–Trinajstić information content (AvgIpc) is 2.45. The largest absolute Gasteiger partial charge is 0.342 e. The first kappa shape index (κ1) is 16.0. The van der Waals surface area contributed by atoms with Gasteiger partial charge >= 0.3 is 0 Å². The van der Waals surface area contributed by atoms with Crippen molar-refractivity contribution in [1.82, 2.24) is 4.90 Å². The zero-order chi connectivity index (χ0) is 15.5. The molecule has 0 spiro atoms. The number of carbonyl (C=O) groups is 1. The number of sulfone groups is 1. The predicted molar refractivity (Wildman–Crippen MR) is 83.9 cm³/mol. The SMILES string of the molecule is CC1(c2ccccc2)CCCN(C(=O)CCS(C)(=O)=O)C1. The van der Waals surface area contributed by atoms with Gasteiger partial charge in [0, 0.05) is 31.2 Å². The van der Waals surface area contributed by atoms with E-state index >= 15 is 0 Å². The first-order valence-electron chi connectivity index (χ1n) is 7.31. The van der Waals surface area contributed by atoms with E-state index in [4.69, 9.17) is 0 Å². The van der Waals surface area contributed by atoms with E-state index in [1.54, 1.807) is 0 Å². The second-order valence-corrected chi connectivity index (χ2v) is 8.49. The summed E-state index contributed by atoms with van der Waals surface area (Å²) < 4.78 is 22.4. The molecule has 1 saturated heterocycles. The smallest absolute Gasteiger partial charge is 0.223 e. The number of amides is 1. The number of nitrogens with zero attached hydrogens (tertiary/aromatic N) is 1. The number of hydrogen-bond donors (Lipinski definition) is 0. The van der Waals surface area contributed by atoms with Crippen molar-refractivity contribution >= 4 is 15.7 Å². The minimum Gasteiger partial charge on any atom is -0.342 e. The number of likely N-dealkylation sites (tertiary alicyclic amines) is 1. The quantitative estimate of drug-likeness (QED) is 0.855. The molecule has 116 valence electrons. The van der Waals surface area contributed by atoms with Gasteiger partial charge in [0.2, 0.25) is 5.91 Å². The van der Waals surface area contributed by atoms with E-state index in [0.717, 1.165) is 19.4 Å². The lowest BCUT2D eigenvalue weighted by atomic mass is 9.76. The highest BCUT2D eigenvalue weighted by atomic mass is 32.2. The zero-order valence-corrected chi connectivity index (χ0v) is 13.5. The number of carbonyl (C=O) groups excluding carboxylic acids is 1. The van der Waals surface area contributed by atoms with Crippen LogP contribution < -0.4 is 0 Å². The van der Waals surface area contributed by atoms with E-state index in [1.807, 2.05) is 23.1 Å². The van der Waals surface area contributed by atoms with Gasteiger partial charge in [-0.2, -0.15) is 0 Å². The molecule has 1 fully saturated rings. The minimum absolute atomic E-state index is 0.0414. The maximum Gasteiger partial charge on any atom is 0.223 e. The van der Waals surface area contributed by atoms with Crippen molar-refractivity contribution in [3.63, 3.8) is 0 Å². The van der Waals surface area contributed by atoms with E-state index in [2.05, 4.69) is 19.1 Å². The molecule has 0 saturated carbocycles. The monoisotopic (exact) mass is 309 g/mol. The van der Waals surface area contributed by atoms with E-state index in [1.165, 1.54) is 11.8 Å². The Bertz CT molecular complexity index is 597. The van der Waals surface area contributed by atoms with Gasteiger partial charge in [0.05, 0.1) is 5.75 Å². The van der Waals surface area contributed by atoms with Crippen LogP contribution in [-0.4, -0.2) is 44.3 Å². The molecule has 1 unspecified atom stereocenters. The third kappa shape index (κ3) is 4.30. The Hall–Kier alpha value is -1.36. The van der Waals surface area contributed by atoms with Crippen LogP contribution in [0.15, 0.2) is 30.3 Å². The first-order valence-corrected chi connectivity index (χ1v) is 9.37. The Morgan fingerprint density at radius 3 is 2.57 bits per heavy atom. The second-order valence-electron chi connectivity index (χ2n) is 6.23.